The minimum Gasteiger partial charge on any atom is -0.466 e. The fraction of sp³-hybridized carbons (Fsp3) is 0.556. The van der Waals surface area contributed by atoms with Gasteiger partial charge in [-0.3, -0.25) is 0 Å². The summed E-state index contributed by atoms with van der Waals surface area (Å²) in [6.45, 7) is 3.06. The molecule has 0 bridgehead atoms. The van der Waals surface area contributed by atoms with Gasteiger partial charge in [-0.05, 0) is 34.8 Å². The lowest BCUT2D eigenvalue weighted by molar-refractivity contribution is 0.438. The first-order valence-corrected chi connectivity index (χ1v) is 6.43. The predicted octanol–water partition coefficient (Wildman–Crippen LogP) is 3.06. The van der Waals surface area contributed by atoms with Gasteiger partial charge in [0, 0.05) is 5.75 Å². The molecule has 0 aliphatic carbocycles. The van der Waals surface area contributed by atoms with Gasteiger partial charge in [-0.2, -0.15) is 11.8 Å². The van der Waals surface area contributed by atoms with Crippen LogP contribution in [0.4, 0.5) is 0 Å². The van der Waals surface area contributed by atoms with Gasteiger partial charge in [0.25, 0.3) is 0 Å². The lowest BCUT2D eigenvalue weighted by atomic mass is 10.2. The molecule has 1 aromatic rings. The first-order chi connectivity index (χ1) is 6.29. The van der Waals surface area contributed by atoms with Gasteiger partial charge in [-0.25, -0.2) is 0 Å². The number of furan rings is 1. The third-order valence-corrected chi connectivity index (χ3v) is 3.07. The van der Waals surface area contributed by atoms with Crippen LogP contribution in [-0.4, -0.2) is 18.6 Å². The van der Waals surface area contributed by atoms with Crippen molar-refractivity contribution in [3.63, 3.8) is 0 Å². The van der Waals surface area contributed by atoms with Crippen molar-refractivity contribution in [1.82, 2.24) is 5.32 Å². The van der Waals surface area contributed by atoms with Gasteiger partial charge in [-0.1, -0.05) is 6.92 Å². The van der Waals surface area contributed by atoms with Gasteiger partial charge in [0.1, 0.15) is 5.76 Å². The van der Waals surface area contributed by atoms with Gasteiger partial charge in [-0.15, -0.1) is 0 Å². The van der Waals surface area contributed by atoms with E-state index in [1.165, 1.54) is 0 Å². The molecule has 0 saturated carbocycles. The number of thioether (sulfide) groups is 1. The second kappa shape index (κ2) is 5.73. The van der Waals surface area contributed by atoms with Crippen LogP contribution in [0.5, 0.6) is 0 Å². The SMILES string of the molecule is CCNC(CSC)c1occc1Br. The van der Waals surface area contributed by atoms with Gasteiger partial charge in [0.05, 0.1) is 16.8 Å². The number of rotatable bonds is 5. The first-order valence-electron chi connectivity index (χ1n) is 4.24. The Morgan fingerprint density at radius 2 is 2.46 bits per heavy atom. The highest BCUT2D eigenvalue weighted by molar-refractivity contribution is 9.10. The molecule has 4 heteroatoms. The molecule has 74 valence electrons. The smallest absolute Gasteiger partial charge is 0.135 e. The Kier molecular flexibility index (Phi) is 4.91. The van der Waals surface area contributed by atoms with Crippen molar-refractivity contribution in [2.75, 3.05) is 18.6 Å². The van der Waals surface area contributed by atoms with Crippen LogP contribution in [-0.2, 0) is 0 Å². The topological polar surface area (TPSA) is 25.2 Å². The van der Waals surface area contributed by atoms with Crippen LogP contribution in [0.2, 0.25) is 0 Å². The van der Waals surface area contributed by atoms with Crippen molar-refractivity contribution < 1.29 is 4.42 Å². The van der Waals surface area contributed by atoms with Crippen molar-refractivity contribution in [2.45, 2.75) is 13.0 Å². The molecule has 1 N–H and O–H groups in total. The normalized spacial score (nSPS) is 13.2. The number of nitrogens with one attached hydrogen (secondary N) is 1. The summed E-state index contributed by atoms with van der Waals surface area (Å²) in [7, 11) is 0. The zero-order valence-corrected chi connectivity index (χ0v) is 10.2. The van der Waals surface area contributed by atoms with E-state index in [4.69, 9.17) is 4.42 Å². The summed E-state index contributed by atoms with van der Waals surface area (Å²) in [5.74, 6) is 2.02. The second-order valence-electron chi connectivity index (χ2n) is 2.70. The van der Waals surface area contributed by atoms with Crippen molar-refractivity contribution in [3.05, 3.63) is 22.6 Å². The molecule has 1 unspecified atom stereocenters. The monoisotopic (exact) mass is 263 g/mol. The fourth-order valence-electron chi connectivity index (χ4n) is 1.19. The molecule has 0 aromatic carbocycles. The highest BCUT2D eigenvalue weighted by Crippen LogP contribution is 2.26. The first kappa shape index (κ1) is 11.1. The molecule has 0 radical (unpaired) electrons. The fourth-order valence-corrected chi connectivity index (χ4v) is 2.27. The second-order valence-corrected chi connectivity index (χ2v) is 4.46. The van der Waals surface area contributed by atoms with E-state index in [1.807, 2.05) is 17.8 Å². The molecule has 1 atom stereocenters. The molecule has 0 aliphatic heterocycles. The van der Waals surface area contributed by atoms with Crippen LogP contribution >= 0.6 is 27.7 Å². The average Bonchev–Trinajstić information content (AvgIpc) is 2.51. The number of hydrogen-bond donors (Lipinski definition) is 1. The maximum atomic E-state index is 5.41. The van der Waals surface area contributed by atoms with Crippen molar-refractivity contribution >= 4 is 27.7 Å². The highest BCUT2D eigenvalue weighted by Gasteiger charge is 2.15. The predicted molar refractivity (Wildman–Crippen MR) is 61.2 cm³/mol. The van der Waals surface area contributed by atoms with Crippen LogP contribution < -0.4 is 5.32 Å². The summed E-state index contributed by atoms with van der Waals surface area (Å²) in [6, 6.07) is 2.24. The summed E-state index contributed by atoms with van der Waals surface area (Å²) in [5.41, 5.74) is 0. The molecule has 0 spiro atoms. The molecule has 1 aromatic heterocycles. The quantitative estimate of drug-likeness (QED) is 0.884. The van der Waals surface area contributed by atoms with E-state index in [-0.39, 0.29) is 0 Å². The van der Waals surface area contributed by atoms with E-state index < -0.39 is 0 Å². The lowest BCUT2D eigenvalue weighted by Gasteiger charge is -2.14. The zero-order valence-electron chi connectivity index (χ0n) is 7.84. The number of hydrogen-bond acceptors (Lipinski definition) is 3. The van der Waals surface area contributed by atoms with Crippen LogP contribution in [0.15, 0.2) is 21.2 Å². The molecule has 0 amide bonds. The highest BCUT2D eigenvalue weighted by atomic mass is 79.9. The molecule has 0 aliphatic rings. The van der Waals surface area contributed by atoms with Crippen LogP contribution in [0.25, 0.3) is 0 Å². The summed E-state index contributed by atoms with van der Waals surface area (Å²) in [5, 5.41) is 3.38. The van der Waals surface area contributed by atoms with Gasteiger partial charge in [0.15, 0.2) is 0 Å². The molecule has 13 heavy (non-hydrogen) atoms. The zero-order chi connectivity index (χ0) is 9.68. The van der Waals surface area contributed by atoms with E-state index in [2.05, 4.69) is 34.4 Å². The maximum Gasteiger partial charge on any atom is 0.135 e. The van der Waals surface area contributed by atoms with Crippen LogP contribution in [0.1, 0.15) is 18.7 Å². The Balaban J connectivity index is 2.69. The van der Waals surface area contributed by atoms with E-state index in [1.54, 1.807) is 6.26 Å². The maximum absolute atomic E-state index is 5.41. The third kappa shape index (κ3) is 3.04. The Bertz CT molecular complexity index is 246. The van der Waals surface area contributed by atoms with Gasteiger partial charge < -0.3 is 9.73 Å². The molecule has 2 nitrogen and oxygen atoms in total. The lowest BCUT2D eigenvalue weighted by Crippen LogP contribution is -2.22. The van der Waals surface area contributed by atoms with Crippen molar-refractivity contribution in [2.24, 2.45) is 0 Å². The standard InChI is InChI=1S/C9H14BrNOS/c1-3-11-8(6-13-2)9-7(10)4-5-12-9/h4-5,8,11H,3,6H2,1-2H3. The minimum absolute atomic E-state index is 0.310. The molecule has 0 saturated heterocycles. The number of halogens is 1. The molecule has 0 fully saturated rings. The third-order valence-electron chi connectivity index (χ3n) is 1.75. The Labute approximate surface area is 91.6 Å². The van der Waals surface area contributed by atoms with Gasteiger partial charge in [0.2, 0.25) is 0 Å². The van der Waals surface area contributed by atoms with E-state index >= 15 is 0 Å². The summed E-state index contributed by atoms with van der Waals surface area (Å²) < 4.78 is 6.46. The Morgan fingerprint density at radius 1 is 1.69 bits per heavy atom. The Hall–Kier alpha value is 0.0700. The van der Waals surface area contributed by atoms with Crippen LogP contribution in [0.3, 0.4) is 0 Å². The molecular formula is C9H14BrNOS. The average molecular weight is 264 g/mol. The van der Waals surface area contributed by atoms with Crippen LogP contribution in [0, 0.1) is 0 Å². The summed E-state index contributed by atoms with van der Waals surface area (Å²) in [4.78, 5) is 0. The molecular weight excluding hydrogens is 250 g/mol. The van der Waals surface area contributed by atoms with E-state index in [0.717, 1.165) is 22.5 Å². The summed E-state index contributed by atoms with van der Waals surface area (Å²) in [6.07, 6.45) is 3.81. The van der Waals surface area contributed by atoms with E-state index in [9.17, 15) is 0 Å². The van der Waals surface area contributed by atoms with Crippen molar-refractivity contribution in [3.8, 4) is 0 Å². The van der Waals surface area contributed by atoms with Gasteiger partial charge >= 0.3 is 0 Å². The molecule has 1 rings (SSSR count). The Morgan fingerprint density at radius 3 is 2.92 bits per heavy atom. The largest absolute Gasteiger partial charge is 0.466 e. The minimum atomic E-state index is 0.310. The molecule has 1 heterocycles. The summed E-state index contributed by atoms with van der Waals surface area (Å²) >= 11 is 5.28. The van der Waals surface area contributed by atoms with E-state index in [0.29, 0.717) is 6.04 Å². The van der Waals surface area contributed by atoms with Crippen molar-refractivity contribution in [1.29, 1.82) is 0 Å².